The van der Waals surface area contributed by atoms with Gasteiger partial charge in [0.25, 0.3) is 0 Å². The van der Waals surface area contributed by atoms with Crippen molar-refractivity contribution < 1.29 is 0 Å². The standard InChI is InChI=1S/C43H26N4S/c1-3-13-28(14-4-1)41-44-42(29-15-5-2-6-16-29)46-43(45-41)47-36-24-23-30(26-35(36)39-31-17-8-7-12-27(31)22-25-37(39)47)32-19-11-20-34-33-18-9-10-21-38(33)48-40(32)34/h1-26H. The summed E-state index contributed by atoms with van der Waals surface area (Å²) in [4.78, 5) is 15.2. The van der Waals surface area contributed by atoms with Gasteiger partial charge in [-0.1, -0.05) is 133 Å². The van der Waals surface area contributed by atoms with E-state index in [0.29, 0.717) is 17.6 Å². The van der Waals surface area contributed by atoms with Crippen molar-refractivity contribution in [1.29, 1.82) is 0 Å². The first kappa shape index (κ1) is 27.0. The topological polar surface area (TPSA) is 43.6 Å². The molecule has 0 saturated heterocycles. The van der Waals surface area contributed by atoms with E-state index in [1.165, 1.54) is 52.8 Å². The first-order valence-electron chi connectivity index (χ1n) is 16.0. The first-order chi connectivity index (χ1) is 23.8. The van der Waals surface area contributed by atoms with Gasteiger partial charge in [0, 0.05) is 42.1 Å². The van der Waals surface area contributed by atoms with Crippen molar-refractivity contribution in [2.75, 3.05) is 0 Å². The van der Waals surface area contributed by atoms with Crippen LogP contribution >= 0.6 is 11.3 Å². The van der Waals surface area contributed by atoms with E-state index >= 15 is 0 Å². The minimum atomic E-state index is 0.595. The number of rotatable bonds is 4. The maximum Gasteiger partial charge on any atom is 0.238 e. The lowest BCUT2D eigenvalue weighted by atomic mass is 9.99. The van der Waals surface area contributed by atoms with Crippen LogP contribution < -0.4 is 0 Å². The molecule has 0 aliphatic rings. The second-order valence-corrected chi connectivity index (χ2v) is 13.1. The average Bonchev–Trinajstić information content (AvgIpc) is 3.71. The smallest absolute Gasteiger partial charge is 0.238 e. The highest BCUT2D eigenvalue weighted by Crippen LogP contribution is 2.43. The Labute approximate surface area is 280 Å². The minimum absolute atomic E-state index is 0.595. The van der Waals surface area contributed by atoms with Crippen molar-refractivity contribution in [3.05, 3.63) is 158 Å². The lowest BCUT2D eigenvalue weighted by molar-refractivity contribution is 0.953. The Kier molecular flexibility index (Phi) is 6.01. The zero-order valence-corrected chi connectivity index (χ0v) is 26.5. The van der Waals surface area contributed by atoms with Crippen molar-refractivity contribution in [3.8, 4) is 39.9 Å². The van der Waals surface area contributed by atoms with Crippen LogP contribution in [-0.4, -0.2) is 19.5 Å². The van der Waals surface area contributed by atoms with Crippen LogP contribution in [0.5, 0.6) is 0 Å². The van der Waals surface area contributed by atoms with Crippen LogP contribution in [0.4, 0.5) is 0 Å². The fourth-order valence-corrected chi connectivity index (χ4v) is 8.28. The molecule has 0 amide bonds. The molecule has 4 nitrogen and oxygen atoms in total. The highest BCUT2D eigenvalue weighted by molar-refractivity contribution is 7.26. The van der Waals surface area contributed by atoms with Gasteiger partial charge in [0.05, 0.1) is 11.0 Å². The normalized spacial score (nSPS) is 11.8. The van der Waals surface area contributed by atoms with E-state index in [4.69, 9.17) is 15.0 Å². The summed E-state index contributed by atoms with van der Waals surface area (Å²) in [5, 5.41) is 7.37. The Morgan fingerprint density at radius 3 is 1.85 bits per heavy atom. The molecule has 0 atom stereocenters. The molecule has 3 aromatic heterocycles. The largest absolute Gasteiger partial charge is 0.278 e. The average molecular weight is 631 g/mol. The maximum atomic E-state index is 5.14. The van der Waals surface area contributed by atoms with Crippen molar-refractivity contribution in [1.82, 2.24) is 19.5 Å². The molecule has 10 aromatic rings. The van der Waals surface area contributed by atoms with Gasteiger partial charge in [-0.25, -0.2) is 4.98 Å². The maximum absolute atomic E-state index is 5.14. The Morgan fingerprint density at radius 2 is 1.08 bits per heavy atom. The van der Waals surface area contributed by atoms with Gasteiger partial charge in [0.1, 0.15) is 0 Å². The summed E-state index contributed by atoms with van der Waals surface area (Å²) in [6.07, 6.45) is 0. The third-order valence-electron chi connectivity index (χ3n) is 9.26. The molecule has 0 fully saturated rings. The van der Waals surface area contributed by atoms with Crippen molar-refractivity contribution in [3.63, 3.8) is 0 Å². The molecular weight excluding hydrogens is 605 g/mol. The van der Waals surface area contributed by atoms with Crippen LogP contribution in [0.1, 0.15) is 0 Å². The van der Waals surface area contributed by atoms with E-state index < -0.39 is 0 Å². The van der Waals surface area contributed by atoms with E-state index in [1.807, 2.05) is 72.0 Å². The number of benzene rings is 7. The minimum Gasteiger partial charge on any atom is -0.278 e. The fraction of sp³-hybridized carbons (Fsp3) is 0. The Bertz CT molecular complexity index is 2780. The molecule has 0 saturated carbocycles. The number of hydrogen-bond donors (Lipinski definition) is 0. The molecule has 0 bridgehead atoms. The van der Waals surface area contributed by atoms with Gasteiger partial charge in [0.2, 0.25) is 5.95 Å². The van der Waals surface area contributed by atoms with E-state index in [9.17, 15) is 0 Å². The number of aromatic nitrogens is 4. The van der Waals surface area contributed by atoms with Crippen molar-refractivity contribution in [2.24, 2.45) is 0 Å². The van der Waals surface area contributed by atoms with Gasteiger partial charge < -0.3 is 0 Å². The third-order valence-corrected chi connectivity index (χ3v) is 10.5. The molecular formula is C43H26N4S. The molecule has 5 heteroatoms. The predicted octanol–water partition coefficient (Wildman–Crippen LogP) is 11.5. The summed E-state index contributed by atoms with van der Waals surface area (Å²) in [5.74, 6) is 1.88. The SMILES string of the molecule is c1ccc(-c2nc(-c3ccccc3)nc(-n3c4ccc(-c5cccc6c5sc5ccccc56)cc4c4c5ccccc5ccc43)n2)cc1. The van der Waals surface area contributed by atoms with Gasteiger partial charge in [-0.15, -0.1) is 11.3 Å². The van der Waals surface area contributed by atoms with Crippen molar-refractivity contribution in [2.45, 2.75) is 0 Å². The van der Waals surface area contributed by atoms with E-state index in [0.717, 1.165) is 22.2 Å². The van der Waals surface area contributed by atoms with Gasteiger partial charge >= 0.3 is 0 Å². The van der Waals surface area contributed by atoms with Gasteiger partial charge in [0.15, 0.2) is 11.6 Å². The molecule has 7 aromatic carbocycles. The van der Waals surface area contributed by atoms with Crippen LogP contribution in [0.2, 0.25) is 0 Å². The fourth-order valence-electron chi connectivity index (χ4n) is 7.05. The molecule has 3 heterocycles. The van der Waals surface area contributed by atoms with E-state index in [1.54, 1.807) is 0 Å². The zero-order chi connectivity index (χ0) is 31.6. The number of nitrogens with zero attached hydrogens (tertiary/aromatic N) is 4. The summed E-state index contributed by atoms with van der Waals surface area (Å²) in [6, 6.07) is 55.5. The van der Waals surface area contributed by atoms with Crippen LogP contribution in [0.15, 0.2) is 158 Å². The second kappa shape index (κ2) is 10.7. The molecule has 0 aliphatic heterocycles. The van der Waals surface area contributed by atoms with E-state index in [2.05, 4.69) is 102 Å². The van der Waals surface area contributed by atoms with Gasteiger partial charge in [-0.05, 0) is 46.2 Å². The molecule has 0 N–H and O–H groups in total. The number of hydrogen-bond acceptors (Lipinski definition) is 4. The first-order valence-corrected chi connectivity index (χ1v) is 16.9. The highest BCUT2D eigenvalue weighted by atomic mass is 32.1. The number of thiophene rings is 1. The van der Waals surface area contributed by atoms with Crippen LogP contribution in [0, 0.1) is 0 Å². The second-order valence-electron chi connectivity index (χ2n) is 12.0. The number of fused-ring (bicyclic) bond motifs is 8. The molecule has 48 heavy (non-hydrogen) atoms. The quantitative estimate of drug-likeness (QED) is 0.194. The molecule has 0 radical (unpaired) electrons. The van der Waals surface area contributed by atoms with E-state index in [-0.39, 0.29) is 0 Å². The van der Waals surface area contributed by atoms with Crippen LogP contribution in [0.25, 0.3) is 92.6 Å². The summed E-state index contributed by atoms with van der Waals surface area (Å²) < 4.78 is 4.83. The Balaban J connectivity index is 1.28. The Hall–Kier alpha value is -6.17. The predicted molar refractivity (Wildman–Crippen MR) is 201 cm³/mol. The van der Waals surface area contributed by atoms with Crippen molar-refractivity contribution >= 4 is 64.1 Å². The summed E-state index contributed by atoms with van der Waals surface area (Å²) in [6.45, 7) is 0. The lowest BCUT2D eigenvalue weighted by Gasteiger charge is -2.11. The zero-order valence-electron chi connectivity index (χ0n) is 25.7. The highest BCUT2D eigenvalue weighted by Gasteiger charge is 2.20. The summed E-state index contributed by atoms with van der Waals surface area (Å²) in [5.41, 5.74) is 6.45. The van der Waals surface area contributed by atoms with Gasteiger partial charge in [-0.2, -0.15) is 9.97 Å². The third kappa shape index (κ3) is 4.18. The monoisotopic (exact) mass is 630 g/mol. The van der Waals surface area contributed by atoms with Crippen LogP contribution in [0.3, 0.4) is 0 Å². The summed E-state index contributed by atoms with van der Waals surface area (Å²) in [7, 11) is 0. The van der Waals surface area contributed by atoms with Gasteiger partial charge in [-0.3, -0.25) is 4.57 Å². The summed E-state index contributed by atoms with van der Waals surface area (Å²) >= 11 is 1.86. The lowest BCUT2D eigenvalue weighted by Crippen LogP contribution is -2.06. The molecule has 224 valence electrons. The molecule has 0 unspecified atom stereocenters. The van der Waals surface area contributed by atoms with Crippen LogP contribution in [-0.2, 0) is 0 Å². The molecule has 0 spiro atoms. The Morgan fingerprint density at radius 1 is 0.438 bits per heavy atom. The molecule has 10 rings (SSSR count). The molecule has 0 aliphatic carbocycles.